The number of rotatable bonds is 3. The fraction of sp³-hybridized carbons (Fsp3) is 0.267. The zero-order chi connectivity index (χ0) is 10.7. The van der Waals surface area contributed by atoms with Crippen molar-refractivity contribution in [3.63, 3.8) is 0 Å². The van der Waals surface area contributed by atoms with Gasteiger partial charge in [-0.05, 0) is 35.1 Å². The molecule has 77 valence electrons. The van der Waals surface area contributed by atoms with Crippen molar-refractivity contribution in [2.75, 3.05) is 0 Å². The molecule has 0 fully saturated rings. The Hall–Kier alpha value is -1.30. The first-order chi connectivity index (χ1) is 7.25. The van der Waals surface area contributed by atoms with Crippen molar-refractivity contribution in [2.45, 2.75) is 20.3 Å². The van der Waals surface area contributed by atoms with Gasteiger partial charge in [-0.25, -0.2) is 0 Å². The molecule has 0 aromatic heterocycles. The van der Waals surface area contributed by atoms with Gasteiger partial charge in [0.25, 0.3) is 0 Å². The van der Waals surface area contributed by atoms with Crippen molar-refractivity contribution in [3.05, 3.63) is 54.4 Å². The molecular formula is C15H17. The molecule has 0 aliphatic heterocycles. The van der Waals surface area contributed by atoms with Gasteiger partial charge in [0.05, 0.1) is 0 Å². The molecule has 0 aliphatic rings. The van der Waals surface area contributed by atoms with Crippen LogP contribution >= 0.6 is 0 Å². The first-order valence-electron chi connectivity index (χ1n) is 5.58. The topological polar surface area (TPSA) is 0 Å². The van der Waals surface area contributed by atoms with Crippen LogP contribution in [0.1, 0.15) is 25.8 Å². The number of hydrogen-bond donors (Lipinski definition) is 0. The summed E-state index contributed by atoms with van der Waals surface area (Å²) >= 11 is 0. The highest BCUT2D eigenvalue weighted by Crippen LogP contribution is 2.18. The summed E-state index contributed by atoms with van der Waals surface area (Å²) in [5, 5.41) is 2.65. The van der Waals surface area contributed by atoms with Crippen LogP contribution in [0.4, 0.5) is 0 Å². The van der Waals surface area contributed by atoms with Crippen LogP contribution in [0.15, 0.2) is 42.5 Å². The monoisotopic (exact) mass is 197 g/mol. The lowest BCUT2D eigenvalue weighted by Gasteiger charge is -2.05. The van der Waals surface area contributed by atoms with Gasteiger partial charge in [0.2, 0.25) is 0 Å². The molecule has 0 nitrogen and oxygen atoms in total. The maximum atomic E-state index is 2.32. The van der Waals surface area contributed by atoms with E-state index in [0.29, 0.717) is 0 Å². The van der Waals surface area contributed by atoms with Crippen LogP contribution in [0, 0.1) is 12.3 Å². The minimum Gasteiger partial charge on any atom is -0.0628 e. The summed E-state index contributed by atoms with van der Waals surface area (Å²) in [6, 6.07) is 15.2. The molecule has 0 spiro atoms. The van der Waals surface area contributed by atoms with E-state index < -0.39 is 0 Å². The fourth-order valence-corrected chi connectivity index (χ4v) is 1.71. The van der Waals surface area contributed by atoms with Gasteiger partial charge in [-0.15, -0.1) is 0 Å². The average Bonchev–Trinajstić information content (AvgIpc) is 2.26. The highest BCUT2D eigenvalue weighted by atomic mass is 14.0. The largest absolute Gasteiger partial charge is 0.0628 e. The molecule has 0 saturated heterocycles. The third-order valence-corrected chi connectivity index (χ3v) is 2.60. The van der Waals surface area contributed by atoms with Crippen LogP contribution in [-0.2, 0) is 0 Å². The smallest absolute Gasteiger partial charge is 0.00903 e. The Balaban J connectivity index is 2.23. The maximum absolute atomic E-state index is 2.32. The Kier molecular flexibility index (Phi) is 3.05. The molecule has 0 bridgehead atoms. The van der Waals surface area contributed by atoms with Gasteiger partial charge in [0.15, 0.2) is 0 Å². The van der Waals surface area contributed by atoms with Crippen LogP contribution in [0.5, 0.6) is 0 Å². The molecule has 15 heavy (non-hydrogen) atoms. The predicted octanol–water partition coefficient (Wildman–Crippen LogP) is 4.44. The zero-order valence-electron chi connectivity index (χ0n) is 9.40. The highest BCUT2D eigenvalue weighted by Gasteiger charge is 1.98. The second kappa shape index (κ2) is 4.48. The van der Waals surface area contributed by atoms with Crippen molar-refractivity contribution < 1.29 is 0 Å². The van der Waals surface area contributed by atoms with Crippen LogP contribution in [0.2, 0.25) is 0 Å². The number of fused-ring (bicyclic) bond motifs is 1. The Morgan fingerprint density at radius 2 is 1.73 bits per heavy atom. The molecule has 2 aromatic rings. The maximum Gasteiger partial charge on any atom is -0.00903 e. The van der Waals surface area contributed by atoms with Gasteiger partial charge in [-0.1, -0.05) is 56.3 Å². The molecule has 2 aromatic carbocycles. The normalized spacial score (nSPS) is 11.1. The summed E-state index contributed by atoms with van der Waals surface area (Å²) in [6.45, 7) is 4.50. The van der Waals surface area contributed by atoms with E-state index >= 15 is 0 Å². The molecule has 0 atom stereocenters. The lowest BCUT2D eigenvalue weighted by molar-refractivity contribution is 0.644. The molecular weight excluding hydrogens is 180 g/mol. The summed E-state index contributed by atoms with van der Waals surface area (Å²) < 4.78 is 0. The Bertz CT molecular complexity index is 440. The SMILES string of the molecule is CC(C)C[CH]c1ccc2ccccc2c1. The lowest BCUT2D eigenvalue weighted by Crippen LogP contribution is -1.89. The van der Waals surface area contributed by atoms with Crippen molar-refractivity contribution in [2.24, 2.45) is 5.92 Å². The molecule has 0 N–H and O–H groups in total. The zero-order valence-corrected chi connectivity index (χ0v) is 9.40. The van der Waals surface area contributed by atoms with Crippen molar-refractivity contribution >= 4 is 10.8 Å². The van der Waals surface area contributed by atoms with Gasteiger partial charge in [0.1, 0.15) is 0 Å². The van der Waals surface area contributed by atoms with Crippen LogP contribution < -0.4 is 0 Å². The Morgan fingerprint density at radius 1 is 1.00 bits per heavy atom. The van der Waals surface area contributed by atoms with Crippen molar-refractivity contribution in [1.29, 1.82) is 0 Å². The van der Waals surface area contributed by atoms with Gasteiger partial charge in [-0.2, -0.15) is 0 Å². The standard InChI is InChI=1S/C15H17/c1-12(2)7-8-13-9-10-14-5-3-4-6-15(14)11-13/h3-6,8-12H,7H2,1-2H3. The summed E-state index contributed by atoms with van der Waals surface area (Å²) in [6.07, 6.45) is 3.47. The highest BCUT2D eigenvalue weighted by molar-refractivity contribution is 5.83. The summed E-state index contributed by atoms with van der Waals surface area (Å²) in [7, 11) is 0. The van der Waals surface area contributed by atoms with E-state index in [1.54, 1.807) is 0 Å². The third-order valence-electron chi connectivity index (χ3n) is 2.60. The van der Waals surface area contributed by atoms with Gasteiger partial charge in [0, 0.05) is 0 Å². The van der Waals surface area contributed by atoms with E-state index in [1.807, 2.05) is 0 Å². The van der Waals surface area contributed by atoms with E-state index in [1.165, 1.54) is 16.3 Å². The van der Waals surface area contributed by atoms with Crippen LogP contribution in [0.3, 0.4) is 0 Å². The number of benzene rings is 2. The molecule has 0 heteroatoms. The van der Waals surface area contributed by atoms with E-state index in [9.17, 15) is 0 Å². The quantitative estimate of drug-likeness (QED) is 0.682. The van der Waals surface area contributed by atoms with Crippen LogP contribution in [0.25, 0.3) is 10.8 Å². The summed E-state index contributed by atoms with van der Waals surface area (Å²) in [5.74, 6) is 0.733. The first-order valence-corrected chi connectivity index (χ1v) is 5.58. The molecule has 0 heterocycles. The number of hydrogen-bond acceptors (Lipinski definition) is 0. The van der Waals surface area contributed by atoms with E-state index in [4.69, 9.17) is 0 Å². The van der Waals surface area contributed by atoms with Gasteiger partial charge >= 0.3 is 0 Å². The summed E-state index contributed by atoms with van der Waals surface area (Å²) in [5.41, 5.74) is 1.34. The third kappa shape index (κ3) is 2.59. The molecule has 0 unspecified atom stereocenters. The van der Waals surface area contributed by atoms with E-state index in [0.717, 1.165) is 12.3 Å². The van der Waals surface area contributed by atoms with Gasteiger partial charge < -0.3 is 0 Å². The lowest BCUT2D eigenvalue weighted by atomic mass is 10.00. The van der Waals surface area contributed by atoms with Crippen molar-refractivity contribution in [1.82, 2.24) is 0 Å². The minimum absolute atomic E-state index is 0.733. The Labute approximate surface area is 91.9 Å². The predicted molar refractivity (Wildman–Crippen MR) is 66.8 cm³/mol. The molecule has 0 saturated carbocycles. The van der Waals surface area contributed by atoms with Gasteiger partial charge in [-0.3, -0.25) is 0 Å². The molecule has 1 radical (unpaired) electrons. The first kappa shape index (κ1) is 10.2. The second-order valence-electron chi connectivity index (χ2n) is 4.44. The molecule has 0 aliphatic carbocycles. The summed E-state index contributed by atoms with van der Waals surface area (Å²) in [4.78, 5) is 0. The van der Waals surface area contributed by atoms with Crippen LogP contribution in [-0.4, -0.2) is 0 Å². The molecule has 0 amide bonds. The average molecular weight is 197 g/mol. The minimum atomic E-state index is 0.733. The second-order valence-corrected chi connectivity index (χ2v) is 4.44. The van der Waals surface area contributed by atoms with Crippen molar-refractivity contribution in [3.8, 4) is 0 Å². The fourth-order valence-electron chi connectivity index (χ4n) is 1.71. The van der Waals surface area contributed by atoms with E-state index in [2.05, 4.69) is 62.7 Å². The van der Waals surface area contributed by atoms with E-state index in [-0.39, 0.29) is 0 Å². The Morgan fingerprint density at radius 3 is 2.47 bits per heavy atom. The molecule has 2 rings (SSSR count).